The number of aryl methyl sites for hydroxylation is 1. The molecule has 1 aromatic heterocycles. The van der Waals surface area contributed by atoms with Gasteiger partial charge in [-0.1, -0.05) is 26.1 Å². The van der Waals surface area contributed by atoms with Crippen molar-refractivity contribution in [3.63, 3.8) is 0 Å². The SMILES string of the molecule is CC(C)C(NS(=O)(=O)c1cn(C)cn1)C(N)=S. The lowest BCUT2D eigenvalue weighted by atomic mass is 10.1. The van der Waals surface area contributed by atoms with Gasteiger partial charge < -0.3 is 10.3 Å². The summed E-state index contributed by atoms with van der Waals surface area (Å²) in [5, 5.41) is -0.0399. The Kier molecular flexibility index (Phi) is 4.23. The normalized spacial score (nSPS) is 13.9. The van der Waals surface area contributed by atoms with Crippen LogP contribution in [-0.2, 0) is 17.1 Å². The van der Waals surface area contributed by atoms with Crippen LogP contribution in [-0.4, -0.2) is 29.0 Å². The minimum Gasteiger partial charge on any atom is -0.392 e. The number of rotatable bonds is 5. The first kappa shape index (κ1) is 14.1. The first-order chi connectivity index (χ1) is 7.74. The third kappa shape index (κ3) is 3.48. The Morgan fingerprint density at radius 2 is 2.18 bits per heavy atom. The van der Waals surface area contributed by atoms with Crippen molar-refractivity contribution in [3.05, 3.63) is 12.5 Å². The average molecular weight is 276 g/mol. The third-order valence-electron chi connectivity index (χ3n) is 2.21. The van der Waals surface area contributed by atoms with Crippen molar-refractivity contribution in [1.29, 1.82) is 0 Å². The summed E-state index contributed by atoms with van der Waals surface area (Å²) in [4.78, 5) is 3.91. The van der Waals surface area contributed by atoms with Crippen LogP contribution in [0.25, 0.3) is 0 Å². The highest BCUT2D eigenvalue weighted by Gasteiger charge is 2.25. The maximum Gasteiger partial charge on any atom is 0.260 e. The molecule has 0 radical (unpaired) electrons. The third-order valence-corrected chi connectivity index (χ3v) is 3.79. The molecular formula is C9H16N4O2S2. The lowest BCUT2D eigenvalue weighted by molar-refractivity contribution is 0.524. The number of nitrogens with one attached hydrogen (secondary N) is 1. The second-order valence-corrected chi connectivity index (χ2v) is 6.25. The summed E-state index contributed by atoms with van der Waals surface area (Å²) < 4.78 is 27.9. The van der Waals surface area contributed by atoms with Gasteiger partial charge in [-0.05, 0) is 5.92 Å². The van der Waals surface area contributed by atoms with Gasteiger partial charge in [0, 0.05) is 13.2 Å². The van der Waals surface area contributed by atoms with E-state index in [1.807, 2.05) is 13.8 Å². The molecule has 1 unspecified atom stereocenters. The molecule has 0 bridgehead atoms. The van der Waals surface area contributed by atoms with Crippen LogP contribution in [0.2, 0.25) is 0 Å². The molecule has 0 saturated carbocycles. The van der Waals surface area contributed by atoms with Crippen molar-refractivity contribution < 1.29 is 8.42 Å². The highest BCUT2D eigenvalue weighted by Crippen LogP contribution is 2.09. The van der Waals surface area contributed by atoms with Gasteiger partial charge in [0.2, 0.25) is 0 Å². The van der Waals surface area contributed by atoms with E-state index in [0.717, 1.165) is 0 Å². The Hall–Kier alpha value is -0.990. The summed E-state index contributed by atoms with van der Waals surface area (Å²) in [6.45, 7) is 3.68. The Morgan fingerprint density at radius 1 is 1.59 bits per heavy atom. The number of hydrogen-bond acceptors (Lipinski definition) is 4. The molecule has 0 aliphatic carbocycles. The molecule has 1 atom stereocenters. The van der Waals surface area contributed by atoms with Crippen LogP contribution in [0.5, 0.6) is 0 Å². The molecular weight excluding hydrogens is 260 g/mol. The fourth-order valence-electron chi connectivity index (χ4n) is 1.28. The molecule has 8 heteroatoms. The van der Waals surface area contributed by atoms with Crippen molar-refractivity contribution in [2.24, 2.45) is 18.7 Å². The maximum absolute atomic E-state index is 12.0. The lowest BCUT2D eigenvalue weighted by Gasteiger charge is -2.20. The van der Waals surface area contributed by atoms with Crippen LogP contribution in [0.1, 0.15) is 13.8 Å². The molecule has 0 saturated heterocycles. The monoisotopic (exact) mass is 276 g/mol. The van der Waals surface area contributed by atoms with Gasteiger partial charge in [0.1, 0.15) is 0 Å². The first-order valence-electron chi connectivity index (χ1n) is 5.03. The summed E-state index contributed by atoms with van der Waals surface area (Å²) in [5.41, 5.74) is 5.51. The number of thiocarbonyl (C=S) groups is 1. The molecule has 6 nitrogen and oxygen atoms in total. The molecule has 96 valence electrons. The predicted molar refractivity (Wildman–Crippen MR) is 68.9 cm³/mol. The number of hydrogen-bond donors (Lipinski definition) is 2. The second kappa shape index (κ2) is 5.11. The zero-order chi connectivity index (χ0) is 13.2. The van der Waals surface area contributed by atoms with Crippen molar-refractivity contribution in [2.75, 3.05) is 0 Å². The molecule has 3 N–H and O–H groups in total. The fraction of sp³-hybridized carbons (Fsp3) is 0.556. The molecule has 1 heterocycles. The van der Waals surface area contributed by atoms with Gasteiger partial charge in [-0.15, -0.1) is 0 Å². The molecule has 0 aromatic carbocycles. The Bertz CT molecular complexity index is 507. The molecule has 17 heavy (non-hydrogen) atoms. The summed E-state index contributed by atoms with van der Waals surface area (Å²) in [6, 6.07) is -0.572. The first-order valence-corrected chi connectivity index (χ1v) is 6.93. The molecule has 0 amide bonds. The fourth-order valence-corrected chi connectivity index (χ4v) is 3.03. The van der Waals surface area contributed by atoms with E-state index in [-0.39, 0.29) is 15.9 Å². The van der Waals surface area contributed by atoms with Gasteiger partial charge in [-0.2, -0.15) is 4.72 Å². The van der Waals surface area contributed by atoms with E-state index in [0.29, 0.717) is 0 Å². The zero-order valence-corrected chi connectivity index (χ0v) is 11.5. The largest absolute Gasteiger partial charge is 0.392 e. The van der Waals surface area contributed by atoms with Crippen LogP contribution in [0.3, 0.4) is 0 Å². The molecule has 0 fully saturated rings. The Morgan fingerprint density at radius 3 is 2.53 bits per heavy atom. The zero-order valence-electron chi connectivity index (χ0n) is 9.91. The van der Waals surface area contributed by atoms with Crippen molar-refractivity contribution in [1.82, 2.24) is 14.3 Å². The van der Waals surface area contributed by atoms with E-state index in [4.69, 9.17) is 18.0 Å². The topological polar surface area (TPSA) is 90.0 Å². The second-order valence-electron chi connectivity index (χ2n) is 4.12. The number of nitrogens with zero attached hydrogens (tertiary/aromatic N) is 2. The van der Waals surface area contributed by atoms with E-state index >= 15 is 0 Å². The molecule has 0 spiro atoms. The van der Waals surface area contributed by atoms with E-state index in [2.05, 4.69) is 9.71 Å². The van der Waals surface area contributed by atoms with Crippen molar-refractivity contribution >= 4 is 27.2 Å². The van der Waals surface area contributed by atoms with Gasteiger partial charge in [0.05, 0.1) is 17.4 Å². The van der Waals surface area contributed by atoms with E-state index in [1.165, 1.54) is 12.5 Å². The average Bonchev–Trinajstić information content (AvgIpc) is 2.61. The smallest absolute Gasteiger partial charge is 0.260 e. The summed E-state index contributed by atoms with van der Waals surface area (Å²) in [6.07, 6.45) is 2.83. The van der Waals surface area contributed by atoms with Gasteiger partial charge in [0.25, 0.3) is 10.0 Å². The Labute approximate surface area is 106 Å². The number of sulfonamides is 1. The van der Waals surface area contributed by atoms with E-state index < -0.39 is 16.1 Å². The van der Waals surface area contributed by atoms with Gasteiger partial charge in [-0.25, -0.2) is 13.4 Å². The summed E-state index contributed by atoms with van der Waals surface area (Å²) in [7, 11) is -1.98. The van der Waals surface area contributed by atoms with Crippen LogP contribution >= 0.6 is 12.2 Å². The summed E-state index contributed by atoms with van der Waals surface area (Å²) in [5.74, 6) is -0.0222. The predicted octanol–water partition coefficient (Wildman–Crippen LogP) is 0.00910. The molecule has 1 aromatic rings. The number of imidazole rings is 1. The quantitative estimate of drug-likeness (QED) is 0.739. The van der Waals surface area contributed by atoms with Crippen molar-refractivity contribution in [3.8, 4) is 0 Å². The lowest BCUT2D eigenvalue weighted by Crippen LogP contribution is -2.46. The standard InChI is InChI=1S/C9H16N4O2S2/c1-6(2)8(9(10)16)12-17(14,15)7-4-13(3)5-11-7/h4-6,8,12H,1-3H3,(H2,10,16). The molecule has 0 aliphatic heterocycles. The van der Waals surface area contributed by atoms with E-state index in [1.54, 1.807) is 11.6 Å². The highest BCUT2D eigenvalue weighted by atomic mass is 32.2. The van der Waals surface area contributed by atoms with Crippen LogP contribution < -0.4 is 10.5 Å². The van der Waals surface area contributed by atoms with Crippen LogP contribution in [0.15, 0.2) is 17.6 Å². The minimum absolute atomic E-state index is 0.0222. The van der Waals surface area contributed by atoms with E-state index in [9.17, 15) is 8.42 Å². The van der Waals surface area contributed by atoms with Gasteiger partial charge in [-0.3, -0.25) is 0 Å². The van der Waals surface area contributed by atoms with Gasteiger partial charge >= 0.3 is 0 Å². The molecule has 0 aliphatic rings. The van der Waals surface area contributed by atoms with Crippen molar-refractivity contribution in [2.45, 2.75) is 24.9 Å². The molecule has 1 rings (SSSR count). The summed E-state index contributed by atoms with van der Waals surface area (Å²) >= 11 is 4.84. The van der Waals surface area contributed by atoms with Crippen LogP contribution in [0.4, 0.5) is 0 Å². The Balaban J connectivity index is 2.97. The highest BCUT2D eigenvalue weighted by molar-refractivity contribution is 7.89. The number of nitrogens with two attached hydrogens (primary N) is 1. The minimum atomic E-state index is -3.68. The number of aromatic nitrogens is 2. The van der Waals surface area contributed by atoms with Gasteiger partial charge in [0.15, 0.2) is 5.03 Å². The van der Waals surface area contributed by atoms with Crippen LogP contribution in [0, 0.1) is 5.92 Å². The maximum atomic E-state index is 12.0.